The number of aliphatic hydroxyl groups excluding tert-OH is 1. The van der Waals surface area contributed by atoms with Gasteiger partial charge in [0.05, 0.1) is 17.3 Å². The molecule has 8 heteroatoms. The van der Waals surface area contributed by atoms with Crippen LogP contribution in [0.25, 0.3) is 0 Å². The zero-order valence-electron chi connectivity index (χ0n) is 16.9. The summed E-state index contributed by atoms with van der Waals surface area (Å²) in [7, 11) is -4.23. The van der Waals surface area contributed by atoms with E-state index in [0.717, 1.165) is 64.2 Å². The fourth-order valence-corrected chi connectivity index (χ4v) is 7.57. The summed E-state index contributed by atoms with van der Waals surface area (Å²) >= 11 is 0. The number of rotatable bonds is 6. The number of hydrogen-bond acceptors (Lipinski definition) is 6. The molecule has 0 radical (unpaired) electrons. The quantitative estimate of drug-likeness (QED) is 0.378. The molecule has 2 N–H and O–H groups in total. The van der Waals surface area contributed by atoms with Crippen molar-refractivity contribution in [1.82, 2.24) is 0 Å². The lowest BCUT2D eigenvalue weighted by Gasteiger charge is -2.38. The van der Waals surface area contributed by atoms with Crippen LogP contribution in [-0.4, -0.2) is 47.8 Å². The summed E-state index contributed by atoms with van der Waals surface area (Å²) < 4.78 is 45.2. The molecule has 7 nitrogen and oxygen atoms in total. The van der Waals surface area contributed by atoms with Crippen LogP contribution >= 0.6 is 0 Å². The zero-order valence-corrected chi connectivity index (χ0v) is 17.8. The summed E-state index contributed by atoms with van der Waals surface area (Å²) in [6.07, 6.45) is 9.41. The molecular formula is C21H34O7S. The van der Waals surface area contributed by atoms with Crippen LogP contribution < -0.4 is 0 Å². The molecule has 0 aromatic rings. The van der Waals surface area contributed by atoms with Gasteiger partial charge in [0.15, 0.2) is 6.29 Å². The van der Waals surface area contributed by atoms with Crippen molar-refractivity contribution >= 4 is 16.1 Å². The average Bonchev–Trinajstić information content (AvgIpc) is 3.28. The molecular weight excluding hydrogens is 396 g/mol. The van der Waals surface area contributed by atoms with Crippen molar-refractivity contribution < 1.29 is 32.3 Å². The molecule has 4 aliphatic carbocycles. The molecule has 0 heterocycles. The molecule has 0 amide bonds. The van der Waals surface area contributed by atoms with Crippen LogP contribution in [-0.2, 0) is 24.4 Å². The highest BCUT2D eigenvalue weighted by molar-refractivity contribution is 7.86. The van der Waals surface area contributed by atoms with Crippen molar-refractivity contribution in [3.8, 4) is 0 Å². The molecule has 4 saturated carbocycles. The number of carbonyl (C=O) groups is 1. The smallest absolute Gasteiger partial charge is 0.309 e. The first-order valence-corrected chi connectivity index (χ1v) is 12.8. The Morgan fingerprint density at radius 1 is 0.897 bits per heavy atom. The van der Waals surface area contributed by atoms with Crippen molar-refractivity contribution in [2.75, 3.05) is 0 Å². The van der Waals surface area contributed by atoms with Gasteiger partial charge in [-0.1, -0.05) is 25.7 Å². The number of hydrogen-bond donors (Lipinski definition) is 2. The SMILES string of the molecule is O=C(OC1CCCCC1)C1C2CC(C1C(O)OC1CCCCC1)C(S(=O)(=O)O)C2. The molecule has 6 atom stereocenters. The second-order valence-electron chi connectivity index (χ2n) is 9.54. The molecule has 0 aromatic carbocycles. The van der Waals surface area contributed by atoms with Crippen LogP contribution in [0.15, 0.2) is 0 Å². The normalized spacial score (nSPS) is 37.5. The van der Waals surface area contributed by atoms with Gasteiger partial charge < -0.3 is 14.6 Å². The molecule has 29 heavy (non-hydrogen) atoms. The average molecular weight is 431 g/mol. The summed E-state index contributed by atoms with van der Waals surface area (Å²) in [4.78, 5) is 13.1. The van der Waals surface area contributed by atoms with E-state index in [0.29, 0.717) is 6.42 Å². The van der Waals surface area contributed by atoms with E-state index in [1.807, 2.05) is 0 Å². The molecule has 0 saturated heterocycles. The first-order chi connectivity index (χ1) is 13.8. The summed E-state index contributed by atoms with van der Waals surface area (Å²) in [5, 5.41) is 10.00. The maximum Gasteiger partial charge on any atom is 0.309 e. The Morgan fingerprint density at radius 2 is 1.48 bits per heavy atom. The van der Waals surface area contributed by atoms with Crippen molar-refractivity contribution in [2.45, 2.75) is 101 Å². The summed E-state index contributed by atoms with van der Waals surface area (Å²) in [5.41, 5.74) is 0. The standard InChI is InChI=1S/C21H34O7S/c22-20(27-14-7-3-1-4-8-14)18-13-11-16(17(12-13)29(24,25)26)19(18)21(23)28-15-9-5-2-6-10-15/h13-19,21,23H,1-12H2,(H,24,25,26). The van der Waals surface area contributed by atoms with Crippen molar-refractivity contribution in [3.63, 3.8) is 0 Å². The molecule has 4 rings (SSSR count). The van der Waals surface area contributed by atoms with E-state index < -0.39 is 39.4 Å². The lowest BCUT2D eigenvalue weighted by atomic mass is 9.78. The largest absolute Gasteiger partial charge is 0.462 e. The Hall–Kier alpha value is -0.700. The van der Waals surface area contributed by atoms with E-state index in [9.17, 15) is 22.9 Å². The van der Waals surface area contributed by atoms with Crippen LogP contribution in [0, 0.1) is 23.7 Å². The number of carbonyl (C=O) groups excluding carboxylic acids is 1. The first kappa shape index (κ1) is 21.5. The maximum absolute atomic E-state index is 13.1. The van der Waals surface area contributed by atoms with Gasteiger partial charge in [0.1, 0.15) is 6.10 Å². The van der Waals surface area contributed by atoms with Crippen LogP contribution in [0.5, 0.6) is 0 Å². The van der Waals surface area contributed by atoms with Crippen LogP contribution in [0.4, 0.5) is 0 Å². The van der Waals surface area contributed by atoms with Crippen LogP contribution in [0.1, 0.15) is 77.0 Å². The molecule has 4 aliphatic rings. The van der Waals surface area contributed by atoms with Gasteiger partial charge in [-0.15, -0.1) is 0 Å². The topological polar surface area (TPSA) is 110 Å². The van der Waals surface area contributed by atoms with E-state index in [-0.39, 0.29) is 30.5 Å². The van der Waals surface area contributed by atoms with Crippen LogP contribution in [0.2, 0.25) is 0 Å². The second kappa shape index (κ2) is 8.81. The second-order valence-corrected chi connectivity index (χ2v) is 11.2. The lowest BCUT2D eigenvalue weighted by Crippen LogP contribution is -2.47. The highest BCUT2D eigenvalue weighted by Gasteiger charge is 2.61. The predicted molar refractivity (Wildman–Crippen MR) is 105 cm³/mol. The van der Waals surface area contributed by atoms with Gasteiger partial charge in [-0.25, -0.2) is 0 Å². The molecule has 0 aromatic heterocycles. The molecule has 6 unspecified atom stereocenters. The Labute approximate surface area is 173 Å². The van der Waals surface area contributed by atoms with Gasteiger partial charge in [-0.2, -0.15) is 8.42 Å². The third-order valence-electron chi connectivity index (χ3n) is 7.71. The molecule has 4 fully saturated rings. The molecule has 0 aliphatic heterocycles. The molecule has 2 bridgehead atoms. The van der Waals surface area contributed by atoms with E-state index in [1.54, 1.807) is 0 Å². The predicted octanol–water partition coefficient (Wildman–Crippen LogP) is 3.06. The highest BCUT2D eigenvalue weighted by Crippen LogP contribution is 2.56. The molecule has 166 valence electrons. The Bertz CT molecular complexity index is 681. The van der Waals surface area contributed by atoms with Gasteiger partial charge in [0.25, 0.3) is 10.1 Å². The first-order valence-electron chi connectivity index (χ1n) is 11.3. The van der Waals surface area contributed by atoms with E-state index in [1.165, 1.54) is 0 Å². The number of esters is 1. The van der Waals surface area contributed by atoms with Gasteiger partial charge in [0, 0.05) is 5.92 Å². The zero-order chi connectivity index (χ0) is 20.6. The fraction of sp³-hybridized carbons (Fsp3) is 0.952. The van der Waals surface area contributed by atoms with Gasteiger partial charge in [-0.3, -0.25) is 9.35 Å². The minimum absolute atomic E-state index is 0.0583. The monoisotopic (exact) mass is 430 g/mol. The lowest BCUT2D eigenvalue weighted by molar-refractivity contribution is -0.199. The van der Waals surface area contributed by atoms with Gasteiger partial charge >= 0.3 is 5.97 Å². The minimum atomic E-state index is -4.23. The van der Waals surface area contributed by atoms with Gasteiger partial charge in [0.2, 0.25) is 0 Å². The van der Waals surface area contributed by atoms with E-state index in [2.05, 4.69) is 0 Å². The fourth-order valence-electron chi connectivity index (χ4n) is 6.35. The summed E-state index contributed by atoms with van der Waals surface area (Å²) in [5.74, 6) is -2.19. The number of aliphatic hydroxyl groups is 1. The van der Waals surface area contributed by atoms with Crippen molar-refractivity contribution in [2.24, 2.45) is 23.7 Å². The molecule has 0 spiro atoms. The van der Waals surface area contributed by atoms with Crippen LogP contribution in [0.3, 0.4) is 0 Å². The highest BCUT2D eigenvalue weighted by atomic mass is 32.2. The van der Waals surface area contributed by atoms with Crippen molar-refractivity contribution in [3.05, 3.63) is 0 Å². The summed E-state index contributed by atoms with van der Waals surface area (Å²) in [6.45, 7) is 0. The Morgan fingerprint density at radius 3 is 2.07 bits per heavy atom. The Kier molecular flexibility index (Phi) is 6.54. The maximum atomic E-state index is 13.1. The minimum Gasteiger partial charge on any atom is -0.462 e. The Balaban J connectivity index is 1.50. The number of fused-ring (bicyclic) bond motifs is 2. The third kappa shape index (κ3) is 4.65. The summed E-state index contributed by atoms with van der Waals surface area (Å²) in [6, 6.07) is 0. The van der Waals surface area contributed by atoms with Gasteiger partial charge in [-0.05, 0) is 63.2 Å². The van der Waals surface area contributed by atoms with Crippen molar-refractivity contribution in [1.29, 1.82) is 0 Å². The van der Waals surface area contributed by atoms with E-state index in [4.69, 9.17) is 9.47 Å². The van der Waals surface area contributed by atoms with E-state index >= 15 is 0 Å². The number of ether oxygens (including phenoxy) is 2. The third-order valence-corrected chi connectivity index (χ3v) is 9.01.